The molecule has 0 aliphatic heterocycles. The molecule has 0 N–H and O–H groups in total. The van der Waals surface area contributed by atoms with Gasteiger partial charge >= 0.3 is 0 Å². The maximum absolute atomic E-state index is 13.1. The van der Waals surface area contributed by atoms with E-state index < -0.39 is 57.4 Å². The molecule has 0 aromatic heterocycles. The van der Waals surface area contributed by atoms with Crippen LogP contribution in [-0.2, 0) is 9.84 Å². The standard InChI is InChI=1S/C12H20F6O2S/c1-9(2,5-11(15,16)7-13)21(19,20)10(3,4)6-12(17,18)8-14/h5-8H2,1-4H3. The lowest BCUT2D eigenvalue weighted by Crippen LogP contribution is -2.51. The Morgan fingerprint density at radius 2 is 0.952 bits per heavy atom. The maximum Gasteiger partial charge on any atom is 0.277 e. The Balaban J connectivity index is 5.54. The van der Waals surface area contributed by atoms with E-state index >= 15 is 0 Å². The van der Waals surface area contributed by atoms with Gasteiger partial charge in [0, 0.05) is 12.8 Å². The van der Waals surface area contributed by atoms with Crippen LogP contribution in [0.4, 0.5) is 26.3 Å². The third kappa shape index (κ3) is 4.75. The fourth-order valence-electron chi connectivity index (χ4n) is 2.28. The predicted octanol–water partition coefficient (Wildman–Crippen LogP) is 3.95. The second kappa shape index (κ2) is 5.96. The minimum atomic E-state index is -4.52. The molecule has 0 fully saturated rings. The number of hydrogen-bond acceptors (Lipinski definition) is 2. The second-order valence-electron chi connectivity index (χ2n) is 6.36. The first-order valence-corrected chi connectivity index (χ1v) is 7.64. The second-order valence-corrected chi connectivity index (χ2v) is 9.57. The molecule has 2 nitrogen and oxygen atoms in total. The van der Waals surface area contributed by atoms with Gasteiger partial charge in [-0.3, -0.25) is 0 Å². The molecule has 0 spiro atoms. The smallest absolute Gasteiger partial charge is 0.244 e. The lowest BCUT2D eigenvalue weighted by atomic mass is 10.0. The van der Waals surface area contributed by atoms with E-state index in [1.54, 1.807) is 0 Å². The third-order valence-corrected chi connectivity index (χ3v) is 6.41. The van der Waals surface area contributed by atoms with Gasteiger partial charge in [0.1, 0.15) is 0 Å². The quantitative estimate of drug-likeness (QED) is 0.626. The van der Waals surface area contributed by atoms with Crippen LogP contribution in [-0.4, -0.2) is 43.1 Å². The molecular formula is C12H20F6O2S. The Morgan fingerprint density at radius 3 is 1.14 bits per heavy atom. The average molecular weight is 342 g/mol. The van der Waals surface area contributed by atoms with Gasteiger partial charge in [-0.15, -0.1) is 0 Å². The van der Waals surface area contributed by atoms with Crippen LogP contribution in [0.1, 0.15) is 40.5 Å². The van der Waals surface area contributed by atoms with E-state index in [9.17, 15) is 34.8 Å². The van der Waals surface area contributed by atoms with E-state index in [0.29, 0.717) is 0 Å². The molecule has 21 heavy (non-hydrogen) atoms. The monoisotopic (exact) mass is 342 g/mol. The highest BCUT2D eigenvalue weighted by Gasteiger charge is 2.53. The highest BCUT2D eigenvalue weighted by molar-refractivity contribution is 7.94. The zero-order valence-electron chi connectivity index (χ0n) is 12.3. The molecule has 0 aromatic carbocycles. The summed E-state index contributed by atoms with van der Waals surface area (Å²) < 4.78 is 97.3. The van der Waals surface area contributed by atoms with Crippen LogP contribution in [0.25, 0.3) is 0 Å². The summed E-state index contributed by atoms with van der Waals surface area (Å²) in [5.41, 5.74) is 0. The van der Waals surface area contributed by atoms with E-state index in [0.717, 1.165) is 27.7 Å². The molecule has 0 atom stereocenters. The van der Waals surface area contributed by atoms with Crippen molar-refractivity contribution >= 4 is 9.84 Å². The molecule has 0 aliphatic carbocycles. The summed E-state index contributed by atoms with van der Waals surface area (Å²) in [6.45, 7) is -0.426. The summed E-state index contributed by atoms with van der Waals surface area (Å²) in [4.78, 5) is 0. The average Bonchev–Trinajstić information content (AvgIpc) is 2.26. The molecule has 0 heterocycles. The largest absolute Gasteiger partial charge is 0.277 e. The van der Waals surface area contributed by atoms with Crippen molar-refractivity contribution in [2.45, 2.75) is 61.9 Å². The van der Waals surface area contributed by atoms with Crippen LogP contribution in [0.15, 0.2) is 0 Å². The number of rotatable bonds is 8. The Bertz CT molecular complexity index is 420. The first-order valence-electron chi connectivity index (χ1n) is 6.15. The molecule has 0 radical (unpaired) electrons. The summed E-state index contributed by atoms with van der Waals surface area (Å²) in [7, 11) is -4.52. The minimum absolute atomic E-state index is 0.918. The van der Waals surface area contributed by atoms with Gasteiger partial charge in [-0.05, 0) is 27.7 Å². The predicted molar refractivity (Wildman–Crippen MR) is 68.2 cm³/mol. The fourth-order valence-corrected chi connectivity index (χ4v) is 4.58. The van der Waals surface area contributed by atoms with Crippen molar-refractivity contribution in [3.8, 4) is 0 Å². The maximum atomic E-state index is 13.1. The minimum Gasteiger partial charge on any atom is -0.244 e. The molecule has 0 rings (SSSR count). The van der Waals surface area contributed by atoms with Gasteiger partial charge in [0.2, 0.25) is 0 Å². The highest BCUT2D eigenvalue weighted by Crippen LogP contribution is 2.41. The van der Waals surface area contributed by atoms with Gasteiger partial charge < -0.3 is 0 Å². The Labute approximate surface area is 120 Å². The van der Waals surface area contributed by atoms with Gasteiger partial charge in [0.25, 0.3) is 11.8 Å². The SMILES string of the molecule is CC(C)(CC(F)(F)CF)S(=O)(=O)C(C)(C)CC(F)(F)CF. The molecule has 0 unspecified atom stereocenters. The Hall–Kier alpha value is -0.470. The van der Waals surface area contributed by atoms with Gasteiger partial charge in [-0.1, -0.05) is 0 Å². The van der Waals surface area contributed by atoms with Crippen molar-refractivity contribution in [2.24, 2.45) is 0 Å². The van der Waals surface area contributed by atoms with Crippen LogP contribution in [0.3, 0.4) is 0 Å². The summed E-state index contributed by atoms with van der Waals surface area (Å²) in [6, 6.07) is 0. The summed E-state index contributed by atoms with van der Waals surface area (Å²) in [6.07, 6.45) is -2.69. The van der Waals surface area contributed by atoms with E-state index in [2.05, 4.69) is 0 Å². The molecule has 0 saturated carbocycles. The fraction of sp³-hybridized carbons (Fsp3) is 1.00. The Morgan fingerprint density at radius 1 is 0.714 bits per heavy atom. The molecule has 0 amide bonds. The van der Waals surface area contributed by atoms with Crippen LogP contribution < -0.4 is 0 Å². The molecule has 128 valence electrons. The lowest BCUT2D eigenvalue weighted by Gasteiger charge is -2.37. The van der Waals surface area contributed by atoms with Crippen molar-refractivity contribution in [3.05, 3.63) is 0 Å². The summed E-state index contributed by atoms with van der Waals surface area (Å²) in [5.74, 6) is -7.76. The highest BCUT2D eigenvalue weighted by atomic mass is 32.2. The molecule has 9 heteroatoms. The van der Waals surface area contributed by atoms with Crippen LogP contribution in [0.2, 0.25) is 0 Å². The third-order valence-electron chi connectivity index (χ3n) is 3.21. The number of sulfone groups is 1. The zero-order chi connectivity index (χ0) is 17.3. The summed E-state index contributed by atoms with van der Waals surface area (Å²) in [5, 5.41) is 0. The van der Waals surface area contributed by atoms with E-state index in [4.69, 9.17) is 0 Å². The van der Waals surface area contributed by atoms with Crippen LogP contribution in [0.5, 0.6) is 0 Å². The van der Waals surface area contributed by atoms with Gasteiger partial charge in [0.15, 0.2) is 23.2 Å². The first-order chi connectivity index (χ1) is 9.04. The molecule has 0 aliphatic rings. The van der Waals surface area contributed by atoms with Crippen molar-refractivity contribution in [2.75, 3.05) is 13.3 Å². The van der Waals surface area contributed by atoms with E-state index in [-0.39, 0.29) is 0 Å². The zero-order valence-corrected chi connectivity index (χ0v) is 13.1. The van der Waals surface area contributed by atoms with Gasteiger partial charge in [-0.2, -0.15) is 0 Å². The number of halogens is 6. The lowest BCUT2D eigenvalue weighted by molar-refractivity contribution is -0.0402. The van der Waals surface area contributed by atoms with Crippen molar-refractivity contribution in [1.82, 2.24) is 0 Å². The number of hydrogen-bond donors (Lipinski definition) is 0. The molecule has 0 aromatic rings. The van der Waals surface area contributed by atoms with E-state index in [1.165, 1.54) is 0 Å². The van der Waals surface area contributed by atoms with Gasteiger partial charge in [-0.25, -0.2) is 34.8 Å². The first kappa shape index (κ1) is 20.5. The number of alkyl halides is 6. The van der Waals surface area contributed by atoms with Crippen LogP contribution >= 0.6 is 0 Å². The normalized spacial score (nSPS) is 15.3. The summed E-state index contributed by atoms with van der Waals surface area (Å²) >= 11 is 0. The van der Waals surface area contributed by atoms with Crippen molar-refractivity contribution in [3.63, 3.8) is 0 Å². The Kier molecular flexibility index (Phi) is 5.83. The topological polar surface area (TPSA) is 34.1 Å². The van der Waals surface area contributed by atoms with Crippen molar-refractivity contribution in [1.29, 1.82) is 0 Å². The molecular weight excluding hydrogens is 322 g/mol. The van der Waals surface area contributed by atoms with Crippen molar-refractivity contribution < 1.29 is 34.8 Å². The van der Waals surface area contributed by atoms with E-state index in [1.807, 2.05) is 0 Å². The molecule has 0 saturated heterocycles. The van der Waals surface area contributed by atoms with Crippen LogP contribution in [0, 0.1) is 0 Å². The van der Waals surface area contributed by atoms with Gasteiger partial charge in [0.05, 0.1) is 9.49 Å². The molecule has 0 bridgehead atoms.